The van der Waals surface area contributed by atoms with Gasteiger partial charge in [0.05, 0.1) is 55.2 Å². The Bertz CT molecular complexity index is 3790. The van der Waals surface area contributed by atoms with Gasteiger partial charge in [-0.05, 0) is 96.4 Å². The van der Waals surface area contributed by atoms with Crippen LogP contribution >= 0.6 is 0 Å². The van der Waals surface area contributed by atoms with Crippen molar-refractivity contribution in [2.45, 2.75) is 26.0 Å². The molecule has 2 unspecified atom stereocenters. The number of phenols is 1. The molecule has 0 radical (unpaired) electrons. The molecule has 1 aliphatic carbocycles. The molecule has 1 aliphatic rings. The number of fused-ring (bicyclic) bond motifs is 1. The Morgan fingerprint density at radius 3 is 1.87 bits per heavy atom. The van der Waals surface area contributed by atoms with Gasteiger partial charge in [0.25, 0.3) is 30.3 Å². The SMILES string of the molecule is CS(=O)(=O)c1cc2cc(S(=O)(=O)O)c(N=NC3C=CC(S(=O)(=O)CCOS(=O)(=O)O)=CC3S(=O)(=O)O)c(O)c2c(N)c1N=Nc1ccc(S(=O)(=O)Nc2ccc(N=Nc3ccc(N)cc3N)cc2)cc1. The number of nitrogens with zero attached hydrogens (tertiary/aromatic N) is 6. The number of hydrogen-bond donors (Lipinski definition) is 8. The van der Waals surface area contributed by atoms with Gasteiger partial charge in [0.15, 0.2) is 25.4 Å². The highest BCUT2D eigenvalue weighted by molar-refractivity contribution is 7.95. The van der Waals surface area contributed by atoms with Gasteiger partial charge in [-0.1, -0.05) is 6.08 Å². The average Bonchev–Trinajstić information content (AvgIpc) is 3.24. The first-order chi connectivity index (χ1) is 32.3. The highest BCUT2D eigenvalue weighted by Gasteiger charge is 2.35. The minimum absolute atomic E-state index is 0.0554. The van der Waals surface area contributed by atoms with Gasteiger partial charge < -0.3 is 22.3 Å². The molecule has 33 heteroatoms. The van der Waals surface area contributed by atoms with Crippen LogP contribution in [0.4, 0.5) is 51.2 Å². The summed E-state index contributed by atoms with van der Waals surface area (Å²) >= 11 is 0. The predicted molar refractivity (Wildman–Crippen MR) is 252 cm³/mol. The summed E-state index contributed by atoms with van der Waals surface area (Å²) in [4.78, 5) is -2.93. The van der Waals surface area contributed by atoms with Crippen LogP contribution < -0.4 is 21.9 Å². The molecule has 372 valence electrons. The largest absolute Gasteiger partial charge is 0.505 e. The number of sulfonamides is 1. The van der Waals surface area contributed by atoms with Crippen LogP contribution in [0.2, 0.25) is 0 Å². The lowest BCUT2D eigenvalue weighted by molar-refractivity contribution is 0.284. The maximum absolute atomic E-state index is 13.2. The third kappa shape index (κ3) is 12.5. The second-order valence-corrected chi connectivity index (χ2v) is 24.4. The van der Waals surface area contributed by atoms with E-state index in [-0.39, 0.29) is 16.3 Å². The van der Waals surface area contributed by atoms with Crippen molar-refractivity contribution in [2.24, 2.45) is 30.7 Å². The molecule has 11 N–H and O–H groups in total. The minimum Gasteiger partial charge on any atom is -0.505 e. The monoisotopic (exact) mass is 1080 g/mol. The molecule has 27 nitrogen and oxygen atoms in total. The molecule has 5 aromatic carbocycles. The molecule has 0 aromatic heterocycles. The zero-order chi connectivity index (χ0) is 51.8. The Labute approximate surface area is 398 Å². The molecule has 70 heavy (non-hydrogen) atoms. The Kier molecular flexibility index (Phi) is 14.7. The molecule has 5 aromatic rings. The Hall–Kier alpha value is -6.82. The van der Waals surface area contributed by atoms with Gasteiger partial charge in [-0.3, -0.25) is 18.4 Å². The van der Waals surface area contributed by atoms with Crippen molar-refractivity contribution in [2.75, 3.05) is 40.5 Å². The van der Waals surface area contributed by atoms with E-state index in [1.807, 2.05) is 0 Å². The quantitative estimate of drug-likeness (QED) is 0.0346. The predicted octanol–water partition coefficient (Wildman–Crippen LogP) is 4.97. The van der Waals surface area contributed by atoms with Crippen molar-refractivity contribution in [3.05, 3.63) is 102 Å². The molecule has 6 rings (SSSR count). The van der Waals surface area contributed by atoms with Crippen LogP contribution in [0.25, 0.3) is 10.8 Å². The normalized spacial score (nSPS) is 16.4. The van der Waals surface area contributed by atoms with Gasteiger partial charge in [-0.25, -0.2) is 29.4 Å². The number of azo groups is 3. The first-order valence-electron chi connectivity index (χ1n) is 19.0. The van der Waals surface area contributed by atoms with E-state index in [2.05, 4.69) is 39.6 Å². The van der Waals surface area contributed by atoms with Crippen molar-refractivity contribution < 1.29 is 73.5 Å². The van der Waals surface area contributed by atoms with Crippen molar-refractivity contribution in [3.63, 3.8) is 0 Å². The van der Waals surface area contributed by atoms with Crippen molar-refractivity contribution >= 4 is 122 Å². The fourth-order valence-electron chi connectivity index (χ4n) is 6.26. The van der Waals surface area contributed by atoms with Crippen LogP contribution in [0.1, 0.15) is 0 Å². The van der Waals surface area contributed by atoms with Gasteiger partial charge in [-0.15, -0.1) is 15.3 Å². The standard InChI is InChI=1S/C37H36N10O17S6/c1-65(49,50)31-16-20-17-32(69(58,59)60)36(46-44-29-13-11-26(19-30(29)68(55,56)57)66(51,52)15-14-64-70(61,62)63)37(48)33(20)34(40)35(31)45-42-23-7-9-25(10-8-23)67(53,54)47-24-5-3-22(4-6-24)41-43-28-12-2-21(38)18-27(28)39/h2-13,16-19,29-30,47-48H,14-15,38-40H2,1H3,(H,55,56,57)(H,58,59,60)(H,61,62,63). The van der Waals surface area contributed by atoms with E-state index in [0.29, 0.717) is 34.9 Å². The first-order valence-corrected chi connectivity index (χ1v) is 28.3. The third-order valence-corrected chi connectivity index (χ3v) is 16.2. The number of hydrogen-bond acceptors (Lipinski definition) is 23. The molecule has 0 bridgehead atoms. The third-order valence-electron chi connectivity index (χ3n) is 9.55. The van der Waals surface area contributed by atoms with Crippen LogP contribution in [-0.2, 0) is 64.5 Å². The summed E-state index contributed by atoms with van der Waals surface area (Å²) in [6.07, 6.45) is 2.74. The molecular weight excluding hydrogens is 1050 g/mol. The summed E-state index contributed by atoms with van der Waals surface area (Å²) < 4.78 is 185. The number of rotatable bonds is 17. The molecule has 0 fully saturated rings. The van der Waals surface area contributed by atoms with Gasteiger partial charge in [-0.2, -0.15) is 40.6 Å². The lowest BCUT2D eigenvalue weighted by atomic mass is 10.0. The fourth-order valence-corrected chi connectivity index (χ4v) is 11.3. The fraction of sp³-hybridized carbons (Fsp3) is 0.135. The van der Waals surface area contributed by atoms with E-state index in [4.69, 9.17) is 21.8 Å². The number of phenolic OH excluding ortho intramolecular Hbond substituents is 1. The summed E-state index contributed by atoms with van der Waals surface area (Å²) in [6, 6.07) is 14.8. The van der Waals surface area contributed by atoms with Crippen LogP contribution in [0.5, 0.6) is 5.75 Å². The Balaban J connectivity index is 1.30. The highest BCUT2D eigenvalue weighted by atomic mass is 32.3. The van der Waals surface area contributed by atoms with E-state index >= 15 is 0 Å². The second kappa shape index (κ2) is 19.5. The molecule has 0 spiro atoms. The zero-order valence-corrected chi connectivity index (χ0v) is 40.2. The highest BCUT2D eigenvalue weighted by Crippen LogP contribution is 2.48. The van der Waals surface area contributed by atoms with Gasteiger partial charge in [0, 0.05) is 17.6 Å². The Morgan fingerprint density at radius 2 is 1.30 bits per heavy atom. The van der Waals surface area contributed by atoms with E-state index in [9.17, 15) is 64.7 Å². The number of benzene rings is 5. The second-order valence-electron chi connectivity index (χ2n) is 14.6. The smallest absolute Gasteiger partial charge is 0.397 e. The topological polar surface area (TPSA) is 459 Å². The van der Waals surface area contributed by atoms with E-state index in [1.54, 1.807) is 12.1 Å². The molecule has 0 amide bonds. The summed E-state index contributed by atoms with van der Waals surface area (Å²) in [6.45, 7) is -1.10. The number of nitrogen functional groups attached to an aromatic ring is 3. The van der Waals surface area contributed by atoms with Crippen LogP contribution in [-0.4, -0.2) is 99.2 Å². The van der Waals surface area contributed by atoms with E-state index < -0.39 is 132 Å². The zero-order valence-electron chi connectivity index (χ0n) is 35.3. The molecular formula is C37H36N10O17S6. The van der Waals surface area contributed by atoms with Gasteiger partial charge in [0.2, 0.25) is 0 Å². The molecule has 0 saturated carbocycles. The molecule has 0 heterocycles. The first kappa shape index (κ1) is 52.5. The average molecular weight is 1090 g/mol. The maximum Gasteiger partial charge on any atom is 0.397 e. The van der Waals surface area contributed by atoms with Crippen LogP contribution in [0.3, 0.4) is 0 Å². The van der Waals surface area contributed by atoms with Crippen molar-refractivity contribution in [3.8, 4) is 5.75 Å². The molecule has 0 aliphatic heterocycles. The van der Waals surface area contributed by atoms with E-state index in [1.165, 1.54) is 42.5 Å². The van der Waals surface area contributed by atoms with Crippen LogP contribution in [0.15, 0.2) is 147 Å². The van der Waals surface area contributed by atoms with Gasteiger partial charge in [0.1, 0.15) is 33.2 Å². The molecule has 2 atom stereocenters. The number of anilines is 4. The lowest BCUT2D eigenvalue weighted by Gasteiger charge is -2.20. The number of nitrogens with one attached hydrogen (secondary N) is 1. The maximum atomic E-state index is 13.2. The Morgan fingerprint density at radius 1 is 0.700 bits per heavy atom. The van der Waals surface area contributed by atoms with Crippen molar-refractivity contribution in [1.29, 1.82) is 0 Å². The number of aromatic hydroxyl groups is 1. The number of allylic oxidation sites excluding steroid dienone is 1. The summed E-state index contributed by atoms with van der Waals surface area (Å²) in [5, 5.41) is 31.5. The molecule has 0 saturated heterocycles. The summed E-state index contributed by atoms with van der Waals surface area (Å²) in [5.41, 5.74) is 17.1. The van der Waals surface area contributed by atoms with Crippen LogP contribution in [0, 0.1) is 0 Å². The minimum atomic E-state index is -5.41. The van der Waals surface area contributed by atoms with E-state index in [0.717, 1.165) is 36.6 Å². The number of nitrogens with two attached hydrogens (primary N) is 3. The number of sulfone groups is 2. The summed E-state index contributed by atoms with van der Waals surface area (Å²) in [5.74, 6) is -2.31. The summed E-state index contributed by atoms with van der Waals surface area (Å²) in [7, 11) is -28.8. The van der Waals surface area contributed by atoms with Crippen molar-refractivity contribution in [1.82, 2.24) is 0 Å². The lowest BCUT2D eigenvalue weighted by Crippen LogP contribution is -2.32. The van der Waals surface area contributed by atoms with Gasteiger partial charge >= 0.3 is 10.4 Å².